The predicted molar refractivity (Wildman–Crippen MR) is 67.5 cm³/mol. The maximum atomic E-state index is 12.6. The zero-order valence-electron chi connectivity index (χ0n) is 10.9. The second-order valence-corrected chi connectivity index (χ2v) is 5.54. The minimum atomic E-state index is -4.42. The highest BCUT2D eigenvalue weighted by atomic mass is 32.1. The van der Waals surface area contributed by atoms with E-state index in [2.05, 4.69) is 9.72 Å². The molecule has 4 nitrogen and oxygen atoms in total. The zero-order chi connectivity index (χ0) is 14.8. The molecule has 0 saturated carbocycles. The van der Waals surface area contributed by atoms with E-state index in [-0.39, 0.29) is 25.5 Å². The number of morpholine rings is 1. The van der Waals surface area contributed by atoms with Crippen LogP contribution in [0.2, 0.25) is 0 Å². The summed E-state index contributed by atoms with van der Waals surface area (Å²) in [6.45, 7) is 1.58. The minimum Gasteiger partial charge on any atom is -0.365 e. The summed E-state index contributed by atoms with van der Waals surface area (Å²) >= 11 is 1.46. The first-order valence-corrected chi connectivity index (χ1v) is 7.11. The number of hydrogen-bond donors (Lipinski definition) is 0. The lowest BCUT2D eigenvalue weighted by Crippen LogP contribution is -2.51. The normalized spacial score (nSPS) is 20.2. The van der Waals surface area contributed by atoms with Crippen molar-refractivity contribution in [1.82, 2.24) is 9.88 Å². The van der Waals surface area contributed by atoms with Crippen molar-refractivity contribution in [3.63, 3.8) is 0 Å². The Hall–Kier alpha value is -1.15. The average Bonchev–Trinajstić information content (AvgIpc) is 2.81. The van der Waals surface area contributed by atoms with Gasteiger partial charge in [0.05, 0.1) is 24.4 Å². The van der Waals surface area contributed by atoms with Gasteiger partial charge in [0.15, 0.2) is 6.10 Å². The number of alkyl halides is 3. The van der Waals surface area contributed by atoms with Gasteiger partial charge in [-0.2, -0.15) is 13.2 Å². The van der Waals surface area contributed by atoms with E-state index in [1.165, 1.54) is 16.2 Å². The molecule has 2 heterocycles. The average molecular weight is 308 g/mol. The number of aromatic nitrogens is 1. The van der Waals surface area contributed by atoms with Gasteiger partial charge in [0.2, 0.25) is 5.91 Å². The van der Waals surface area contributed by atoms with Crippen LogP contribution in [0.1, 0.15) is 17.0 Å². The SMILES string of the molecule is Cc1ncsc1CCC(=O)N1CCO[C@@H](C(F)(F)F)C1. The van der Waals surface area contributed by atoms with Gasteiger partial charge in [0.1, 0.15) is 0 Å². The highest BCUT2D eigenvalue weighted by Crippen LogP contribution is 2.26. The summed E-state index contributed by atoms with van der Waals surface area (Å²) in [5.41, 5.74) is 2.57. The molecule has 0 radical (unpaired) electrons. The van der Waals surface area contributed by atoms with E-state index < -0.39 is 18.8 Å². The molecule has 1 atom stereocenters. The minimum absolute atomic E-state index is 0.0739. The van der Waals surface area contributed by atoms with E-state index in [4.69, 9.17) is 0 Å². The fraction of sp³-hybridized carbons (Fsp3) is 0.667. The maximum absolute atomic E-state index is 12.6. The van der Waals surface area contributed by atoms with Gasteiger partial charge in [0, 0.05) is 17.8 Å². The molecule has 0 spiro atoms. The summed E-state index contributed by atoms with van der Waals surface area (Å²) < 4.78 is 42.4. The maximum Gasteiger partial charge on any atom is 0.416 e. The van der Waals surface area contributed by atoms with Crippen LogP contribution in [0.3, 0.4) is 0 Å². The first kappa shape index (κ1) is 15.2. The van der Waals surface area contributed by atoms with Crippen molar-refractivity contribution in [3.8, 4) is 0 Å². The van der Waals surface area contributed by atoms with Crippen molar-refractivity contribution in [2.75, 3.05) is 19.7 Å². The van der Waals surface area contributed by atoms with Gasteiger partial charge in [-0.25, -0.2) is 4.98 Å². The number of rotatable bonds is 3. The van der Waals surface area contributed by atoms with E-state index >= 15 is 0 Å². The molecule has 1 fully saturated rings. The first-order chi connectivity index (χ1) is 9.38. The van der Waals surface area contributed by atoms with Crippen LogP contribution in [0.15, 0.2) is 5.51 Å². The van der Waals surface area contributed by atoms with Crippen LogP contribution < -0.4 is 0 Å². The van der Waals surface area contributed by atoms with E-state index in [1.54, 1.807) is 5.51 Å². The molecule has 0 aromatic carbocycles. The summed E-state index contributed by atoms with van der Waals surface area (Å²) in [6, 6.07) is 0. The van der Waals surface area contributed by atoms with Crippen molar-refractivity contribution >= 4 is 17.2 Å². The largest absolute Gasteiger partial charge is 0.416 e. The molecule has 0 bridgehead atoms. The Balaban J connectivity index is 1.88. The summed E-state index contributed by atoms with van der Waals surface area (Å²) in [4.78, 5) is 18.3. The molecule has 1 aromatic rings. The fourth-order valence-electron chi connectivity index (χ4n) is 2.02. The standard InChI is InChI=1S/C12H15F3N2O2S/c1-8-9(20-7-16-8)2-3-11(18)17-4-5-19-10(6-17)12(13,14)15/h7,10H,2-6H2,1H3/t10-/m1/s1. The first-order valence-electron chi connectivity index (χ1n) is 6.23. The van der Waals surface area contributed by atoms with Crippen LogP contribution in [0.5, 0.6) is 0 Å². The lowest BCUT2D eigenvalue weighted by molar-refractivity contribution is -0.236. The molecule has 0 N–H and O–H groups in total. The van der Waals surface area contributed by atoms with Crippen LogP contribution in [-0.2, 0) is 16.0 Å². The summed E-state index contributed by atoms with van der Waals surface area (Å²) in [5.74, 6) is -0.268. The highest BCUT2D eigenvalue weighted by molar-refractivity contribution is 7.09. The van der Waals surface area contributed by atoms with E-state index in [1.807, 2.05) is 6.92 Å². The Kier molecular flexibility index (Phi) is 4.64. The van der Waals surface area contributed by atoms with Gasteiger partial charge < -0.3 is 9.64 Å². The molecule has 0 aliphatic carbocycles. The Bertz CT molecular complexity index is 476. The van der Waals surface area contributed by atoms with Crippen molar-refractivity contribution in [2.24, 2.45) is 0 Å². The van der Waals surface area contributed by atoms with Gasteiger partial charge in [0.25, 0.3) is 0 Å². The molecule has 0 unspecified atom stereocenters. The second-order valence-electron chi connectivity index (χ2n) is 4.60. The quantitative estimate of drug-likeness (QED) is 0.859. The Morgan fingerprint density at radius 2 is 2.35 bits per heavy atom. The van der Waals surface area contributed by atoms with E-state index in [0.717, 1.165) is 10.6 Å². The number of ether oxygens (including phenoxy) is 1. The third-order valence-electron chi connectivity index (χ3n) is 3.20. The number of aryl methyl sites for hydroxylation is 2. The van der Waals surface area contributed by atoms with Crippen LogP contribution in [0, 0.1) is 6.92 Å². The Labute approximate surface area is 118 Å². The summed E-state index contributed by atoms with van der Waals surface area (Å²) in [6.07, 6.45) is -5.57. The van der Waals surface area contributed by atoms with Gasteiger partial charge in [-0.05, 0) is 13.3 Å². The molecule has 2 rings (SSSR count). The van der Waals surface area contributed by atoms with Gasteiger partial charge in [-0.1, -0.05) is 0 Å². The number of thiazole rings is 1. The fourth-order valence-corrected chi connectivity index (χ4v) is 2.80. The number of halogens is 3. The molecule has 1 aromatic heterocycles. The van der Waals surface area contributed by atoms with Crippen molar-refractivity contribution in [1.29, 1.82) is 0 Å². The number of carbonyl (C=O) groups excluding carboxylic acids is 1. The summed E-state index contributed by atoms with van der Waals surface area (Å²) in [5, 5.41) is 0. The molecule has 112 valence electrons. The number of amides is 1. The Morgan fingerprint density at radius 1 is 1.60 bits per heavy atom. The lowest BCUT2D eigenvalue weighted by Gasteiger charge is -2.33. The van der Waals surface area contributed by atoms with Crippen molar-refractivity contribution in [2.45, 2.75) is 32.0 Å². The number of hydrogen-bond acceptors (Lipinski definition) is 4. The molecule has 8 heteroatoms. The number of carbonyl (C=O) groups is 1. The zero-order valence-corrected chi connectivity index (χ0v) is 11.8. The molecule has 1 aliphatic heterocycles. The lowest BCUT2D eigenvalue weighted by atomic mass is 10.2. The number of nitrogens with zero attached hydrogens (tertiary/aromatic N) is 2. The van der Waals surface area contributed by atoms with Crippen LogP contribution in [-0.4, -0.2) is 47.8 Å². The molecular formula is C12H15F3N2O2S. The van der Waals surface area contributed by atoms with Crippen molar-refractivity contribution in [3.05, 3.63) is 16.1 Å². The van der Waals surface area contributed by atoms with Crippen LogP contribution in [0.25, 0.3) is 0 Å². The van der Waals surface area contributed by atoms with Gasteiger partial charge >= 0.3 is 6.18 Å². The Morgan fingerprint density at radius 3 is 2.95 bits per heavy atom. The van der Waals surface area contributed by atoms with Gasteiger partial charge in [-0.3, -0.25) is 4.79 Å². The van der Waals surface area contributed by atoms with Gasteiger partial charge in [-0.15, -0.1) is 11.3 Å². The summed E-state index contributed by atoms with van der Waals surface area (Å²) in [7, 11) is 0. The van der Waals surface area contributed by atoms with Crippen molar-refractivity contribution < 1.29 is 22.7 Å². The smallest absolute Gasteiger partial charge is 0.365 e. The van der Waals surface area contributed by atoms with Crippen LogP contribution >= 0.6 is 11.3 Å². The van der Waals surface area contributed by atoms with E-state index in [0.29, 0.717) is 6.42 Å². The highest BCUT2D eigenvalue weighted by Gasteiger charge is 2.44. The third kappa shape index (κ3) is 3.69. The van der Waals surface area contributed by atoms with Crippen LogP contribution in [0.4, 0.5) is 13.2 Å². The molecular weight excluding hydrogens is 293 g/mol. The molecule has 20 heavy (non-hydrogen) atoms. The monoisotopic (exact) mass is 308 g/mol. The molecule has 1 amide bonds. The van der Waals surface area contributed by atoms with E-state index in [9.17, 15) is 18.0 Å². The second kappa shape index (κ2) is 6.09. The predicted octanol–water partition coefficient (Wildman–Crippen LogP) is 2.17. The topological polar surface area (TPSA) is 42.4 Å². The molecule has 1 saturated heterocycles. The molecule has 1 aliphatic rings. The third-order valence-corrected chi connectivity index (χ3v) is 4.19.